The van der Waals surface area contributed by atoms with Crippen LogP contribution in [-0.2, 0) is 19.1 Å². The van der Waals surface area contributed by atoms with Gasteiger partial charge in [0.25, 0.3) is 0 Å². The van der Waals surface area contributed by atoms with E-state index < -0.39 is 5.54 Å². The van der Waals surface area contributed by atoms with Gasteiger partial charge in [0.15, 0.2) is 0 Å². The van der Waals surface area contributed by atoms with Crippen LogP contribution in [-0.4, -0.2) is 61.8 Å². The normalized spacial score (nSPS) is 25.1. The standard InChI is InChI=1S/C15H26N2O4/c1-15(2)14(19)17(7-4-8-21-10-9-20-3)12(11-5-6-11)13(18)16-15/h11-12H,4-10H2,1-3H3,(H,16,18). The van der Waals surface area contributed by atoms with E-state index in [1.54, 1.807) is 25.9 Å². The number of hydrogen-bond acceptors (Lipinski definition) is 4. The molecular weight excluding hydrogens is 272 g/mol. The van der Waals surface area contributed by atoms with Crippen molar-refractivity contribution in [3.63, 3.8) is 0 Å². The summed E-state index contributed by atoms with van der Waals surface area (Å²) in [5.74, 6) is 0.331. The second-order valence-corrected chi connectivity index (χ2v) is 6.35. The molecule has 0 aromatic carbocycles. The highest BCUT2D eigenvalue weighted by Gasteiger charge is 2.50. The van der Waals surface area contributed by atoms with Crippen LogP contribution >= 0.6 is 0 Å². The number of rotatable bonds is 8. The summed E-state index contributed by atoms with van der Waals surface area (Å²) in [4.78, 5) is 26.6. The van der Waals surface area contributed by atoms with Gasteiger partial charge >= 0.3 is 0 Å². The zero-order chi connectivity index (χ0) is 15.5. The Hall–Kier alpha value is -1.14. The van der Waals surface area contributed by atoms with Crippen LogP contribution in [0.4, 0.5) is 0 Å². The second-order valence-electron chi connectivity index (χ2n) is 6.35. The minimum atomic E-state index is -0.806. The summed E-state index contributed by atoms with van der Waals surface area (Å²) in [6, 6.07) is -0.287. The highest BCUT2D eigenvalue weighted by atomic mass is 16.5. The number of piperazine rings is 1. The Morgan fingerprint density at radius 1 is 1.24 bits per heavy atom. The van der Waals surface area contributed by atoms with Crippen molar-refractivity contribution in [3.8, 4) is 0 Å². The lowest BCUT2D eigenvalue weighted by Crippen LogP contribution is -2.68. The molecule has 1 atom stereocenters. The van der Waals surface area contributed by atoms with Gasteiger partial charge in [-0.2, -0.15) is 0 Å². The van der Waals surface area contributed by atoms with Gasteiger partial charge in [-0.25, -0.2) is 0 Å². The highest BCUT2D eigenvalue weighted by molar-refractivity contribution is 5.99. The largest absolute Gasteiger partial charge is 0.382 e. The molecule has 0 aromatic rings. The zero-order valence-corrected chi connectivity index (χ0v) is 13.2. The molecule has 21 heavy (non-hydrogen) atoms. The molecule has 6 heteroatoms. The van der Waals surface area contributed by atoms with Gasteiger partial charge < -0.3 is 19.7 Å². The van der Waals surface area contributed by atoms with E-state index in [1.807, 2.05) is 0 Å². The molecule has 0 bridgehead atoms. The fourth-order valence-electron chi connectivity index (χ4n) is 2.76. The SMILES string of the molecule is COCCOCCCN1C(=O)C(C)(C)NC(=O)C1C1CC1. The van der Waals surface area contributed by atoms with Crippen molar-refractivity contribution in [2.24, 2.45) is 5.92 Å². The Bertz CT molecular complexity index is 393. The average Bonchev–Trinajstić information content (AvgIpc) is 3.23. The molecule has 1 saturated carbocycles. The van der Waals surface area contributed by atoms with Crippen molar-refractivity contribution in [1.29, 1.82) is 0 Å². The summed E-state index contributed by atoms with van der Waals surface area (Å²) in [5, 5.41) is 2.85. The molecule has 120 valence electrons. The second kappa shape index (κ2) is 6.75. The lowest BCUT2D eigenvalue weighted by Gasteiger charge is -2.43. The summed E-state index contributed by atoms with van der Waals surface area (Å²) in [6.07, 6.45) is 2.81. The number of methoxy groups -OCH3 is 1. The lowest BCUT2D eigenvalue weighted by molar-refractivity contribution is -0.154. The van der Waals surface area contributed by atoms with Crippen LogP contribution in [0, 0.1) is 5.92 Å². The summed E-state index contributed by atoms with van der Waals surface area (Å²) < 4.78 is 10.3. The number of carbonyl (C=O) groups excluding carboxylic acids is 2. The van der Waals surface area contributed by atoms with E-state index in [1.165, 1.54) is 0 Å². The lowest BCUT2D eigenvalue weighted by atomic mass is 9.94. The van der Waals surface area contributed by atoms with Gasteiger partial charge in [-0.3, -0.25) is 9.59 Å². The Kier molecular flexibility index (Phi) is 5.22. The highest BCUT2D eigenvalue weighted by Crippen LogP contribution is 2.38. The fourth-order valence-corrected chi connectivity index (χ4v) is 2.76. The average molecular weight is 298 g/mol. The van der Waals surface area contributed by atoms with Gasteiger partial charge in [-0.1, -0.05) is 0 Å². The fraction of sp³-hybridized carbons (Fsp3) is 0.867. The third kappa shape index (κ3) is 3.95. The molecule has 1 saturated heterocycles. The molecule has 2 amide bonds. The van der Waals surface area contributed by atoms with Gasteiger partial charge in [0.1, 0.15) is 11.6 Å². The van der Waals surface area contributed by atoms with Crippen LogP contribution in [0.3, 0.4) is 0 Å². The minimum Gasteiger partial charge on any atom is -0.382 e. The number of amides is 2. The van der Waals surface area contributed by atoms with Crippen molar-refractivity contribution in [2.45, 2.75) is 44.7 Å². The van der Waals surface area contributed by atoms with E-state index in [0.717, 1.165) is 19.3 Å². The van der Waals surface area contributed by atoms with E-state index in [2.05, 4.69) is 5.32 Å². The molecule has 0 spiro atoms. The minimum absolute atomic E-state index is 0.0101. The Labute approximate surface area is 126 Å². The molecule has 1 aliphatic heterocycles. The quantitative estimate of drug-likeness (QED) is 0.665. The predicted octanol–water partition coefficient (Wildman–Crippen LogP) is 0.555. The first-order chi connectivity index (χ1) is 9.97. The summed E-state index contributed by atoms with van der Waals surface area (Å²) in [6.45, 7) is 5.80. The van der Waals surface area contributed by atoms with E-state index in [-0.39, 0.29) is 17.9 Å². The molecule has 2 fully saturated rings. The van der Waals surface area contributed by atoms with Crippen molar-refractivity contribution in [3.05, 3.63) is 0 Å². The van der Waals surface area contributed by atoms with Gasteiger partial charge in [0.2, 0.25) is 11.8 Å². The predicted molar refractivity (Wildman–Crippen MR) is 77.8 cm³/mol. The van der Waals surface area contributed by atoms with E-state index in [0.29, 0.717) is 32.3 Å². The first-order valence-corrected chi connectivity index (χ1v) is 7.67. The van der Waals surface area contributed by atoms with Crippen LogP contribution in [0.5, 0.6) is 0 Å². The van der Waals surface area contributed by atoms with E-state index in [9.17, 15) is 9.59 Å². The molecule has 2 aliphatic rings. The maximum absolute atomic E-state index is 12.6. The maximum Gasteiger partial charge on any atom is 0.248 e. The molecule has 1 unspecified atom stereocenters. The van der Waals surface area contributed by atoms with Crippen molar-refractivity contribution < 1.29 is 19.1 Å². The van der Waals surface area contributed by atoms with Gasteiger partial charge in [-0.05, 0) is 39.0 Å². The third-order valence-corrected chi connectivity index (χ3v) is 4.02. The summed E-state index contributed by atoms with van der Waals surface area (Å²) >= 11 is 0. The number of nitrogens with one attached hydrogen (secondary N) is 1. The summed E-state index contributed by atoms with van der Waals surface area (Å²) in [5.41, 5.74) is -0.806. The molecule has 2 rings (SSSR count). The van der Waals surface area contributed by atoms with E-state index in [4.69, 9.17) is 9.47 Å². The van der Waals surface area contributed by atoms with Gasteiger partial charge in [-0.15, -0.1) is 0 Å². The Morgan fingerprint density at radius 2 is 1.95 bits per heavy atom. The third-order valence-electron chi connectivity index (χ3n) is 4.02. The maximum atomic E-state index is 12.6. The zero-order valence-electron chi connectivity index (χ0n) is 13.2. The van der Waals surface area contributed by atoms with Crippen LogP contribution in [0.25, 0.3) is 0 Å². The Morgan fingerprint density at radius 3 is 2.57 bits per heavy atom. The molecule has 0 radical (unpaired) electrons. The topological polar surface area (TPSA) is 67.9 Å². The van der Waals surface area contributed by atoms with Crippen molar-refractivity contribution >= 4 is 11.8 Å². The Balaban J connectivity index is 1.89. The number of ether oxygens (including phenoxy) is 2. The number of carbonyl (C=O) groups is 2. The molecule has 0 aromatic heterocycles. The molecular formula is C15H26N2O4. The van der Waals surface area contributed by atoms with Crippen molar-refractivity contribution in [1.82, 2.24) is 10.2 Å². The molecule has 1 heterocycles. The smallest absolute Gasteiger partial charge is 0.248 e. The van der Waals surface area contributed by atoms with Crippen LogP contribution in [0.15, 0.2) is 0 Å². The molecule has 1 aliphatic carbocycles. The van der Waals surface area contributed by atoms with Crippen LogP contribution in [0.1, 0.15) is 33.1 Å². The number of hydrogen-bond donors (Lipinski definition) is 1. The number of nitrogens with zero attached hydrogens (tertiary/aromatic N) is 1. The van der Waals surface area contributed by atoms with Crippen LogP contribution < -0.4 is 5.32 Å². The van der Waals surface area contributed by atoms with Crippen molar-refractivity contribution in [2.75, 3.05) is 33.5 Å². The first kappa shape index (κ1) is 16.2. The van der Waals surface area contributed by atoms with E-state index >= 15 is 0 Å². The molecule has 1 N–H and O–H groups in total. The van der Waals surface area contributed by atoms with Crippen LogP contribution in [0.2, 0.25) is 0 Å². The molecule has 6 nitrogen and oxygen atoms in total. The van der Waals surface area contributed by atoms with Gasteiger partial charge in [0.05, 0.1) is 13.2 Å². The summed E-state index contributed by atoms with van der Waals surface area (Å²) in [7, 11) is 1.64. The van der Waals surface area contributed by atoms with Gasteiger partial charge in [0, 0.05) is 20.3 Å². The monoisotopic (exact) mass is 298 g/mol. The first-order valence-electron chi connectivity index (χ1n) is 7.67.